The Morgan fingerprint density at radius 1 is 0.879 bits per heavy atom. The number of rotatable bonds is 8. The van der Waals surface area contributed by atoms with Gasteiger partial charge in [0.05, 0.1) is 28.4 Å². The minimum Gasteiger partial charge on any atom is -0.504 e. The quantitative estimate of drug-likeness (QED) is 0.509. The highest BCUT2D eigenvalue weighted by molar-refractivity contribution is 5.82. The topological polar surface area (TPSA) is 69.2 Å². The average Bonchev–Trinajstić information content (AvgIpc) is 2.86. The second kappa shape index (κ2) is 10.0. The first-order valence-electron chi connectivity index (χ1n) is 11.1. The van der Waals surface area contributed by atoms with Gasteiger partial charge in [0.25, 0.3) is 0 Å². The minimum atomic E-state index is 0.0832. The summed E-state index contributed by atoms with van der Waals surface area (Å²) >= 11 is 0. The van der Waals surface area contributed by atoms with Crippen LogP contribution in [0.1, 0.15) is 29.2 Å². The Bertz CT molecular complexity index is 1090. The molecule has 0 aliphatic carbocycles. The van der Waals surface area contributed by atoms with Gasteiger partial charge in [0.15, 0.2) is 23.0 Å². The number of benzene rings is 3. The van der Waals surface area contributed by atoms with E-state index in [-0.39, 0.29) is 11.8 Å². The van der Waals surface area contributed by atoms with E-state index in [1.165, 1.54) is 11.1 Å². The van der Waals surface area contributed by atoms with Crippen LogP contribution in [0.3, 0.4) is 0 Å². The second-order valence-electron chi connectivity index (χ2n) is 8.07. The molecule has 2 N–H and O–H groups in total. The molecule has 4 rings (SSSR count). The first kappa shape index (κ1) is 22.8. The molecule has 6 heteroatoms. The zero-order valence-corrected chi connectivity index (χ0v) is 19.6. The number of fused-ring (bicyclic) bond motifs is 1. The van der Waals surface area contributed by atoms with Crippen molar-refractivity contribution in [2.24, 2.45) is 0 Å². The van der Waals surface area contributed by atoms with Gasteiger partial charge in [-0.15, -0.1) is 0 Å². The monoisotopic (exact) mass is 449 g/mol. The van der Waals surface area contributed by atoms with E-state index < -0.39 is 0 Å². The summed E-state index contributed by atoms with van der Waals surface area (Å²) in [4.78, 5) is 0. The highest BCUT2D eigenvalue weighted by Gasteiger charge is 2.29. The molecule has 1 unspecified atom stereocenters. The lowest BCUT2D eigenvalue weighted by Gasteiger charge is -2.31. The van der Waals surface area contributed by atoms with Crippen LogP contribution in [0.15, 0.2) is 48.5 Å². The van der Waals surface area contributed by atoms with Crippen molar-refractivity contribution in [3.63, 3.8) is 0 Å². The molecule has 6 nitrogen and oxygen atoms in total. The Morgan fingerprint density at radius 3 is 2.15 bits per heavy atom. The maximum atomic E-state index is 11.3. The molecule has 0 bridgehead atoms. The van der Waals surface area contributed by atoms with Crippen molar-refractivity contribution in [2.45, 2.75) is 25.3 Å². The highest BCUT2D eigenvalue weighted by Crippen LogP contribution is 2.49. The van der Waals surface area contributed by atoms with Gasteiger partial charge in [-0.25, -0.2) is 0 Å². The molecule has 0 amide bonds. The fourth-order valence-corrected chi connectivity index (χ4v) is 4.68. The maximum absolute atomic E-state index is 11.3. The fraction of sp³-hybridized carbons (Fsp3) is 0.333. The van der Waals surface area contributed by atoms with E-state index >= 15 is 0 Å². The number of nitrogens with one attached hydrogen (secondary N) is 1. The number of aromatic hydroxyl groups is 1. The van der Waals surface area contributed by atoms with E-state index in [0.717, 1.165) is 42.5 Å². The van der Waals surface area contributed by atoms with Gasteiger partial charge in [0.2, 0.25) is 5.75 Å². The lowest BCUT2D eigenvalue weighted by molar-refractivity contribution is 0.324. The van der Waals surface area contributed by atoms with Crippen molar-refractivity contribution in [3.05, 3.63) is 65.2 Å². The van der Waals surface area contributed by atoms with Gasteiger partial charge in [-0.3, -0.25) is 0 Å². The van der Waals surface area contributed by atoms with E-state index in [9.17, 15) is 5.11 Å². The molecule has 0 saturated heterocycles. The van der Waals surface area contributed by atoms with E-state index in [1.54, 1.807) is 28.4 Å². The molecule has 174 valence electrons. The molecular weight excluding hydrogens is 418 g/mol. The van der Waals surface area contributed by atoms with Gasteiger partial charge < -0.3 is 29.4 Å². The smallest absolute Gasteiger partial charge is 0.203 e. The molecule has 1 aliphatic heterocycles. The summed E-state index contributed by atoms with van der Waals surface area (Å²) in [5, 5.41) is 15.0. The molecule has 0 spiro atoms. The number of aryl methyl sites for hydroxylation is 1. The van der Waals surface area contributed by atoms with Gasteiger partial charge in [-0.1, -0.05) is 30.3 Å². The summed E-state index contributed by atoms with van der Waals surface area (Å²) < 4.78 is 22.2. The van der Waals surface area contributed by atoms with Crippen molar-refractivity contribution in [2.75, 3.05) is 35.0 Å². The van der Waals surface area contributed by atoms with Crippen LogP contribution in [0.4, 0.5) is 0 Å². The summed E-state index contributed by atoms with van der Waals surface area (Å²) in [6, 6.07) is 16.3. The molecule has 1 aliphatic rings. The van der Waals surface area contributed by atoms with Crippen LogP contribution in [-0.4, -0.2) is 40.1 Å². The largest absolute Gasteiger partial charge is 0.504 e. The summed E-state index contributed by atoms with van der Waals surface area (Å²) in [6.07, 6.45) is 2.69. The zero-order valence-electron chi connectivity index (χ0n) is 19.6. The lowest BCUT2D eigenvalue weighted by Crippen LogP contribution is -2.31. The third-order valence-corrected chi connectivity index (χ3v) is 6.26. The maximum Gasteiger partial charge on any atom is 0.203 e. The van der Waals surface area contributed by atoms with Crippen LogP contribution in [0.2, 0.25) is 0 Å². The summed E-state index contributed by atoms with van der Waals surface area (Å²) in [5.41, 5.74) is 5.06. The van der Waals surface area contributed by atoms with Crippen molar-refractivity contribution >= 4 is 0 Å². The molecule has 33 heavy (non-hydrogen) atoms. The van der Waals surface area contributed by atoms with E-state index in [0.29, 0.717) is 23.0 Å². The van der Waals surface area contributed by atoms with Gasteiger partial charge in [0, 0.05) is 11.6 Å². The number of hydrogen-bond donors (Lipinski definition) is 2. The fourth-order valence-electron chi connectivity index (χ4n) is 4.68. The molecular formula is C27H31NO5. The van der Waals surface area contributed by atoms with E-state index in [4.69, 9.17) is 18.9 Å². The van der Waals surface area contributed by atoms with E-state index in [2.05, 4.69) is 29.6 Å². The zero-order chi connectivity index (χ0) is 23.4. The van der Waals surface area contributed by atoms with Crippen molar-refractivity contribution in [1.29, 1.82) is 0 Å². The van der Waals surface area contributed by atoms with Gasteiger partial charge in [-0.2, -0.15) is 0 Å². The summed E-state index contributed by atoms with van der Waals surface area (Å²) in [5.74, 6) is 2.15. The van der Waals surface area contributed by atoms with Crippen molar-refractivity contribution < 1.29 is 24.1 Å². The molecule has 0 saturated carbocycles. The molecule has 0 fully saturated rings. The number of phenols is 1. The molecule has 3 aromatic carbocycles. The van der Waals surface area contributed by atoms with Gasteiger partial charge in [-0.05, 0) is 66.3 Å². The molecule has 1 heterocycles. The summed E-state index contributed by atoms with van der Waals surface area (Å²) in [7, 11) is 6.33. The molecule has 1 atom stereocenters. The Balaban J connectivity index is 1.86. The Morgan fingerprint density at radius 2 is 1.55 bits per heavy atom. The van der Waals surface area contributed by atoms with Crippen LogP contribution in [0.25, 0.3) is 11.1 Å². The third kappa shape index (κ3) is 4.44. The van der Waals surface area contributed by atoms with Crippen LogP contribution in [0, 0.1) is 0 Å². The Labute approximate surface area is 195 Å². The predicted octanol–water partition coefficient (Wildman–Crippen LogP) is 4.91. The number of phenolic OH excluding ortho intramolecular Hbond substituents is 1. The number of ether oxygens (including phenoxy) is 4. The summed E-state index contributed by atoms with van der Waals surface area (Å²) in [6.45, 7) is 0.870. The van der Waals surface area contributed by atoms with Crippen LogP contribution >= 0.6 is 0 Å². The molecule has 0 aromatic heterocycles. The van der Waals surface area contributed by atoms with Gasteiger partial charge >= 0.3 is 0 Å². The van der Waals surface area contributed by atoms with Crippen molar-refractivity contribution in [1.82, 2.24) is 5.32 Å². The van der Waals surface area contributed by atoms with Crippen LogP contribution in [-0.2, 0) is 12.8 Å². The highest BCUT2D eigenvalue weighted by atomic mass is 16.5. The number of methoxy groups -OCH3 is 4. The average molecular weight is 450 g/mol. The second-order valence-corrected chi connectivity index (χ2v) is 8.07. The van der Waals surface area contributed by atoms with E-state index in [1.807, 2.05) is 24.3 Å². The Hall–Kier alpha value is -3.38. The van der Waals surface area contributed by atoms with Crippen LogP contribution < -0.4 is 24.3 Å². The normalized spacial score (nSPS) is 15.0. The van der Waals surface area contributed by atoms with Crippen LogP contribution in [0.5, 0.6) is 28.7 Å². The molecule has 0 radical (unpaired) electrons. The minimum absolute atomic E-state index is 0.0832. The van der Waals surface area contributed by atoms with Gasteiger partial charge in [0.1, 0.15) is 0 Å². The van der Waals surface area contributed by atoms with Crippen molar-refractivity contribution in [3.8, 4) is 39.9 Å². The lowest BCUT2D eigenvalue weighted by atomic mass is 9.83. The first-order chi connectivity index (χ1) is 16.1. The standard InChI is InChI=1S/C27H31NO5/c1-30-21-14-18-12-13-28-20(11-10-17-8-6-5-7-9-17)24(18)25(26(21)29)19-15-22(31-2)27(33-4)23(16-19)32-3/h5-9,14-16,20,28-29H,10-13H2,1-4H3. The Kier molecular flexibility index (Phi) is 6.94. The predicted molar refractivity (Wildman–Crippen MR) is 129 cm³/mol. The SMILES string of the molecule is COc1cc2c(c(-c3cc(OC)c(OC)c(OC)c3)c1O)C(CCc1ccccc1)NCC2. The third-order valence-electron chi connectivity index (χ3n) is 6.26. The molecule has 3 aromatic rings. The number of hydrogen-bond acceptors (Lipinski definition) is 6. The first-order valence-corrected chi connectivity index (χ1v) is 11.1.